The second kappa shape index (κ2) is 3.46. The molecular formula is C8H7F6N. The maximum atomic E-state index is 12.2. The van der Waals surface area contributed by atoms with E-state index >= 15 is 0 Å². The molecule has 0 aromatic heterocycles. The van der Waals surface area contributed by atoms with Crippen molar-refractivity contribution >= 4 is 0 Å². The van der Waals surface area contributed by atoms with Crippen LogP contribution in [-0.4, -0.2) is 12.4 Å². The van der Waals surface area contributed by atoms with E-state index in [1.54, 1.807) is 0 Å². The van der Waals surface area contributed by atoms with Gasteiger partial charge in [0.25, 0.3) is 0 Å². The fourth-order valence-corrected chi connectivity index (χ4v) is 1.33. The summed E-state index contributed by atoms with van der Waals surface area (Å²) >= 11 is 0. The normalized spacial score (nSPS) is 19.2. The van der Waals surface area contributed by atoms with Crippen LogP contribution in [0.5, 0.6) is 0 Å². The summed E-state index contributed by atoms with van der Waals surface area (Å²) in [7, 11) is 0. The van der Waals surface area contributed by atoms with Crippen molar-refractivity contribution in [2.45, 2.75) is 25.2 Å². The lowest BCUT2D eigenvalue weighted by Gasteiger charge is -2.22. The van der Waals surface area contributed by atoms with E-state index in [2.05, 4.69) is 0 Å². The molecule has 0 saturated heterocycles. The van der Waals surface area contributed by atoms with E-state index < -0.39 is 35.6 Å². The predicted octanol–water partition coefficient (Wildman–Crippen LogP) is 3.04. The van der Waals surface area contributed by atoms with Crippen LogP contribution in [-0.2, 0) is 0 Å². The Morgan fingerprint density at radius 1 is 1.00 bits per heavy atom. The molecule has 86 valence electrons. The van der Waals surface area contributed by atoms with Gasteiger partial charge in [0.15, 0.2) is 0 Å². The van der Waals surface area contributed by atoms with Crippen molar-refractivity contribution in [1.29, 1.82) is 0 Å². The van der Waals surface area contributed by atoms with Gasteiger partial charge in [-0.1, -0.05) is 6.08 Å². The Morgan fingerprint density at radius 3 is 1.93 bits per heavy atom. The van der Waals surface area contributed by atoms with Crippen molar-refractivity contribution in [3.8, 4) is 0 Å². The van der Waals surface area contributed by atoms with E-state index in [0.29, 0.717) is 6.08 Å². The molecule has 1 rings (SSSR count). The summed E-state index contributed by atoms with van der Waals surface area (Å²) in [6.07, 6.45) is -9.75. The molecule has 0 heterocycles. The summed E-state index contributed by atoms with van der Waals surface area (Å²) < 4.78 is 73.3. The topological polar surface area (TPSA) is 26.0 Å². The van der Waals surface area contributed by atoms with Gasteiger partial charge >= 0.3 is 12.4 Å². The molecule has 0 aliphatic heterocycles. The third-order valence-corrected chi connectivity index (χ3v) is 2.01. The van der Waals surface area contributed by atoms with Crippen LogP contribution in [0, 0.1) is 0 Å². The van der Waals surface area contributed by atoms with Crippen LogP contribution < -0.4 is 5.73 Å². The number of halogens is 6. The summed E-state index contributed by atoms with van der Waals surface area (Å²) in [6.45, 7) is 0. The third kappa shape index (κ3) is 2.45. The van der Waals surface area contributed by atoms with Gasteiger partial charge in [-0.3, -0.25) is 0 Å². The molecule has 7 heteroatoms. The quantitative estimate of drug-likeness (QED) is 0.637. The zero-order valence-electron chi connectivity index (χ0n) is 7.34. The summed E-state index contributed by atoms with van der Waals surface area (Å²) in [5.74, 6) is 0. The molecule has 1 aliphatic rings. The lowest BCUT2D eigenvalue weighted by atomic mass is 9.95. The number of alkyl halides is 6. The maximum absolute atomic E-state index is 12.2. The van der Waals surface area contributed by atoms with Gasteiger partial charge in [-0.25, -0.2) is 0 Å². The molecule has 0 spiro atoms. The van der Waals surface area contributed by atoms with E-state index in [4.69, 9.17) is 5.73 Å². The SMILES string of the molecule is NC1=C(C(F)(F)F)CCC=C1C(F)(F)F. The second-order valence-electron chi connectivity index (χ2n) is 3.04. The first-order valence-electron chi connectivity index (χ1n) is 3.97. The second-order valence-corrected chi connectivity index (χ2v) is 3.04. The standard InChI is InChI=1S/C8H7F6N/c9-7(10,11)4-2-1-3-5(6(4)15)8(12,13)14/h2H,1,3,15H2. The number of allylic oxidation sites excluding steroid dienone is 3. The van der Waals surface area contributed by atoms with E-state index in [1.165, 1.54) is 0 Å². The van der Waals surface area contributed by atoms with Crippen LogP contribution in [0.4, 0.5) is 26.3 Å². The fraction of sp³-hybridized carbons (Fsp3) is 0.500. The molecular weight excluding hydrogens is 224 g/mol. The van der Waals surface area contributed by atoms with Gasteiger partial charge in [0.1, 0.15) is 0 Å². The lowest BCUT2D eigenvalue weighted by Crippen LogP contribution is -2.27. The number of hydrogen-bond acceptors (Lipinski definition) is 1. The molecule has 15 heavy (non-hydrogen) atoms. The molecule has 2 N–H and O–H groups in total. The Labute approximate surface area is 81.2 Å². The Morgan fingerprint density at radius 2 is 1.53 bits per heavy atom. The molecule has 0 aromatic rings. The first-order valence-corrected chi connectivity index (χ1v) is 3.97. The highest BCUT2D eigenvalue weighted by Crippen LogP contribution is 2.40. The summed E-state index contributed by atoms with van der Waals surface area (Å²) in [5, 5.41) is 0. The van der Waals surface area contributed by atoms with E-state index in [0.717, 1.165) is 0 Å². The smallest absolute Gasteiger partial charge is 0.398 e. The largest absolute Gasteiger partial charge is 0.418 e. The molecule has 0 atom stereocenters. The van der Waals surface area contributed by atoms with Gasteiger partial charge < -0.3 is 5.73 Å². The van der Waals surface area contributed by atoms with Gasteiger partial charge in [0.2, 0.25) is 0 Å². The minimum atomic E-state index is -4.83. The Kier molecular flexibility index (Phi) is 2.75. The molecule has 1 nitrogen and oxygen atoms in total. The van der Waals surface area contributed by atoms with Crippen LogP contribution in [0.15, 0.2) is 22.9 Å². The van der Waals surface area contributed by atoms with Gasteiger partial charge in [-0.15, -0.1) is 0 Å². The highest BCUT2D eigenvalue weighted by molar-refractivity contribution is 5.41. The number of hydrogen-bond donors (Lipinski definition) is 1. The molecule has 1 aliphatic carbocycles. The Balaban J connectivity index is 3.16. The van der Waals surface area contributed by atoms with E-state index in [1.807, 2.05) is 0 Å². The minimum absolute atomic E-state index is 0.301. The van der Waals surface area contributed by atoms with Crippen molar-refractivity contribution in [2.75, 3.05) is 0 Å². The van der Waals surface area contributed by atoms with Crippen LogP contribution in [0.2, 0.25) is 0 Å². The molecule has 0 fully saturated rings. The summed E-state index contributed by atoms with van der Waals surface area (Å²) in [5.41, 5.74) is 0.978. The average molecular weight is 231 g/mol. The van der Waals surface area contributed by atoms with Crippen molar-refractivity contribution < 1.29 is 26.3 Å². The Hall–Kier alpha value is -1.14. The molecule has 0 aromatic carbocycles. The fourth-order valence-electron chi connectivity index (χ4n) is 1.33. The molecule has 0 amide bonds. The van der Waals surface area contributed by atoms with Gasteiger partial charge in [-0.2, -0.15) is 26.3 Å². The monoisotopic (exact) mass is 231 g/mol. The number of nitrogens with two attached hydrogens (primary N) is 1. The zero-order valence-corrected chi connectivity index (χ0v) is 7.34. The van der Waals surface area contributed by atoms with Crippen molar-refractivity contribution in [2.24, 2.45) is 5.73 Å². The first-order chi connectivity index (χ1) is 6.64. The summed E-state index contributed by atoms with van der Waals surface area (Å²) in [4.78, 5) is 0. The minimum Gasteiger partial charge on any atom is -0.398 e. The van der Waals surface area contributed by atoms with Crippen molar-refractivity contribution in [1.82, 2.24) is 0 Å². The summed E-state index contributed by atoms with van der Waals surface area (Å²) in [6, 6.07) is 0. The zero-order chi connectivity index (χ0) is 11.9. The average Bonchev–Trinajstić information content (AvgIpc) is 1.99. The lowest BCUT2D eigenvalue weighted by molar-refractivity contribution is -0.100. The third-order valence-electron chi connectivity index (χ3n) is 2.01. The van der Waals surface area contributed by atoms with Crippen LogP contribution >= 0.6 is 0 Å². The first kappa shape index (κ1) is 11.9. The van der Waals surface area contributed by atoms with Gasteiger partial charge in [-0.05, 0) is 12.8 Å². The van der Waals surface area contributed by atoms with Gasteiger partial charge in [0.05, 0.1) is 16.8 Å². The van der Waals surface area contributed by atoms with Crippen LogP contribution in [0.3, 0.4) is 0 Å². The molecule has 0 saturated carbocycles. The number of rotatable bonds is 0. The molecule has 0 radical (unpaired) electrons. The molecule has 0 unspecified atom stereocenters. The Bertz CT molecular complexity index is 319. The predicted molar refractivity (Wildman–Crippen MR) is 40.6 cm³/mol. The van der Waals surface area contributed by atoms with Gasteiger partial charge in [0, 0.05) is 0 Å². The highest BCUT2D eigenvalue weighted by atomic mass is 19.4. The van der Waals surface area contributed by atoms with E-state index in [-0.39, 0.29) is 6.42 Å². The van der Waals surface area contributed by atoms with Crippen molar-refractivity contribution in [3.63, 3.8) is 0 Å². The van der Waals surface area contributed by atoms with Crippen LogP contribution in [0.25, 0.3) is 0 Å². The molecule has 0 bridgehead atoms. The highest BCUT2D eigenvalue weighted by Gasteiger charge is 2.43. The van der Waals surface area contributed by atoms with Crippen molar-refractivity contribution in [3.05, 3.63) is 22.9 Å². The van der Waals surface area contributed by atoms with Crippen LogP contribution in [0.1, 0.15) is 12.8 Å². The maximum Gasteiger partial charge on any atom is 0.418 e. The van der Waals surface area contributed by atoms with E-state index in [9.17, 15) is 26.3 Å².